The van der Waals surface area contributed by atoms with Gasteiger partial charge in [0.15, 0.2) is 0 Å². The zero-order valence-electron chi connectivity index (χ0n) is 13.0. The van der Waals surface area contributed by atoms with Crippen LogP contribution < -0.4 is 10.1 Å². The van der Waals surface area contributed by atoms with Crippen LogP contribution in [0.5, 0.6) is 5.75 Å². The summed E-state index contributed by atoms with van der Waals surface area (Å²) in [5.41, 5.74) is 2.07. The van der Waals surface area contributed by atoms with Gasteiger partial charge in [-0.15, -0.1) is 0 Å². The van der Waals surface area contributed by atoms with E-state index in [0.717, 1.165) is 16.9 Å². The van der Waals surface area contributed by atoms with Gasteiger partial charge in [-0.05, 0) is 26.8 Å². The smallest absolute Gasteiger partial charge is 0.245 e. The first-order valence-electron chi connectivity index (χ1n) is 7.15. The predicted octanol–water partition coefficient (Wildman–Crippen LogP) is 1.63. The van der Waals surface area contributed by atoms with E-state index < -0.39 is 6.04 Å². The van der Waals surface area contributed by atoms with E-state index in [0.29, 0.717) is 13.0 Å². The maximum absolute atomic E-state index is 12.5. The van der Waals surface area contributed by atoms with Crippen molar-refractivity contribution in [3.63, 3.8) is 0 Å². The van der Waals surface area contributed by atoms with Gasteiger partial charge >= 0.3 is 0 Å². The fourth-order valence-corrected chi connectivity index (χ4v) is 2.65. The minimum absolute atomic E-state index is 0.0584. The molecule has 1 N–H and O–H groups in total. The first-order chi connectivity index (χ1) is 9.92. The highest BCUT2D eigenvalue weighted by atomic mass is 16.5. The Morgan fingerprint density at radius 2 is 2.05 bits per heavy atom. The highest BCUT2D eigenvalue weighted by molar-refractivity contribution is 5.90. The van der Waals surface area contributed by atoms with E-state index in [-0.39, 0.29) is 17.9 Å². The SMILES string of the molecule is COc1ccc(C)cc1CN1C(=O)C(C)NC(=O)CC1C. The Balaban J connectivity index is 2.29. The van der Waals surface area contributed by atoms with Gasteiger partial charge in [0, 0.05) is 24.6 Å². The second kappa shape index (κ2) is 6.16. The maximum Gasteiger partial charge on any atom is 0.245 e. The summed E-state index contributed by atoms with van der Waals surface area (Å²) in [5.74, 6) is 0.621. The molecule has 0 bridgehead atoms. The molecule has 0 aliphatic carbocycles. The quantitative estimate of drug-likeness (QED) is 0.920. The molecule has 5 nitrogen and oxygen atoms in total. The van der Waals surface area contributed by atoms with Gasteiger partial charge in [0.05, 0.1) is 7.11 Å². The Morgan fingerprint density at radius 1 is 1.33 bits per heavy atom. The number of amides is 2. The number of ether oxygens (including phenoxy) is 1. The number of methoxy groups -OCH3 is 1. The number of hydrogen-bond donors (Lipinski definition) is 1. The molecule has 2 unspecified atom stereocenters. The van der Waals surface area contributed by atoms with Crippen LogP contribution >= 0.6 is 0 Å². The topological polar surface area (TPSA) is 58.6 Å². The summed E-state index contributed by atoms with van der Waals surface area (Å²) in [6, 6.07) is 5.28. The Kier molecular flexibility index (Phi) is 4.50. The lowest BCUT2D eigenvalue weighted by Gasteiger charge is -2.28. The molecular formula is C16H22N2O3. The zero-order valence-corrected chi connectivity index (χ0v) is 13.0. The van der Waals surface area contributed by atoms with Crippen molar-refractivity contribution >= 4 is 11.8 Å². The molecule has 0 spiro atoms. The highest BCUT2D eigenvalue weighted by Gasteiger charge is 2.31. The normalized spacial score (nSPS) is 22.8. The molecule has 1 aliphatic rings. The highest BCUT2D eigenvalue weighted by Crippen LogP contribution is 2.24. The van der Waals surface area contributed by atoms with Crippen LogP contribution in [0.4, 0.5) is 0 Å². The van der Waals surface area contributed by atoms with E-state index >= 15 is 0 Å². The van der Waals surface area contributed by atoms with Crippen molar-refractivity contribution in [2.45, 2.75) is 45.8 Å². The second-order valence-electron chi connectivity index (χ2n) is 5.62. The number of carbonyl (C=O) groups is 2. The van der Waals surface area contributed by atoms with Crippen molar-refractivity contribution in [2.24, 2.45) is 0 Å². The standard InChI is InChI=1S/C16H22N2O3/c1-10-5-6-14(21-4)13(7-10)9-18-11(2)8-15(19)17-12(3)16(18)20/h5-7,11-12H,8-9H2,1-4H3,(H,17,19). The van der Waals surface area contributed by atoms with Crippen LogP contribution in [0, 0.1) is 6.92 Å². The van der Waals surface area contributed by atoms with Crippen LogP contribution in [0.1, 0.15) is 31.4 Å². The molecule has 1 heterocycles. The summed E-state index contributed by atoms with van der Waals surface area (Å²) in [6.45, 7) is 6.07. The van der Waals surface area contributed by atoms with Crippen LogP contribution in [-0.4, -0.2) is 35.9 Å². The predicted molar refractivity (Wildman–Crippen MR) is 80.0 cm³/mol. The Hall–Kier alpha value is -2.04. The van der Waals surface area contributed by atoms with E-state index in [1.54, 1.807) is 18.9 Å². The molecular weight excluding hydrogens is 268 g/mol. The van der Waals surface area contributed by atoms with Gasteiger partial charge in [-0.25, -0.2) is 0 Å². The van der Waals surface area contributed by atoms with Gasteiger partial charge in [-0.1, -0.05) is 17.7 Å². The van der Waals surface area contributed by atoms with Crippen LogP contribution in [-0.2, 0) is 16.1 Å². The van der Waals surface area contributed by atoms with Crippen LogP contribution in [0.15, 0.2) is 18.2 Å². The van der Waals surface area contributed by atoms with E-state index in [1.807, 2.05) is 32.0 Å². The fraction of sp³-hybridized carbons (Fsp3) is 0.500. The van der Waals surface area contributed by atoms with Crippen molar-refractivity contribution in [3.8, 4) is 5.75 Å². The Morgan fingerprint density at radius 3 is 2.71 bits per heavy atom. The van der Waals surface area contributed by atoms with Gasteiger partial charge in [-0.3, -0.25) is 9.59 Å². The summed E-state index contributed by atoms with van der Waals surface area (Å²) < 4.78 is 5.37. The minimum Gasteiger partial charge on any atom is -0.496 e. The number of rotatable bonds is 3. The molecule has 0 saturated carbocycles. The van der Waals surface area contributed by atoms with Crippen LogP contribution in [0.3, 0.4) is 0 Å². The average Bonchev–Trinajstić information content (AvgIpc) is 2.51. The molecule has 2 rings (SSSR count). The van der Waals surface area contributed by atoms with Crippen LogP contribution in [0.2, 0.25) is 0 Å². The van der Waals surface area contributed by atoms with E-state index in [2.05, 4.69) is 5.32 Å². The van der Waals surface area contributed by atoms with Gasteiger partial charge < -0.3 is 15.0 Å². The molecule has 5 heteroatoms. The first-order valence-corrected chi connectivity index (χ1v) is 7.15. The Bertz CT molecular complexity index is 556. The van der Waals surface area contributed by atoms with E-state index in [4.69, 9.17) is 4.74 Å². The number of benzene rings is 1. The van der Waals surface area contributed by atoms with Gasteiger partial charge in [0.1, 0.15) is 11.8 Å². The molecule has 2 amide bonds. The number of carbonyl (C=O) groups excluding carboxylic acids is 2. The third-order valence-electron chi connectivity index (χ3n) is 3.82. The fourth-order valence-electron chi connectivity index (χ4n) is 2.65. The lowest BCUT2D eigenvalue weighted by molar-refractivity contribution is -0.135. The molecule has 0 radical (unpaired) electrons. The average molecular weight is 290 g/mol. The molecule has 114 valence electrons. The van der Waals surface area contributed by atoms with Crippen molar-refractivity contribution in [1.29, 1.82) is 0 Å². The van der Waals surface area contributed by atoms with Gasteiger partial charge in [0.25, 0.3) is 0 Å². The van der Waals surface area contributed by atoms with E-state index in [9.17, 15) is 9.59 Å². The van der Waals surface area contributed by atoms with E-state index in [1.165, 1.54) is 0 Å². The summed E-state index contributed by atoms with van der Waals surface area (Å²) in [5, 5.41) is 2.72. The third-order valence-corrected chi connectivity index (χ3v) is 3.82. The zero-order chi connectivity index (χ0) is 15.6. The second-order valence-corrected chi connectivity index (χ2v) is 5.62. The summed E-state index contributed by atoms with van der Waals surface area (Å²) in [6.07, 6.45) is 0.324. The summed E-state index contributed by atoms with van der Waals surface area (Å²) in [7, 11) is 1.62. The summed E-state index contributed by atoms with van der Waals surface area (Å²) >= 11 is 0. The Labute approximate surface area is 125 Å². The van der Waals surface area contributed by atoms with Crippen molar-refractivity contribution in [3.05, 3.63) is 29.3 Å². The minimum atomic E-state index is -0.488. The number of aryl methyl sites for hydroxylation is 1. The lowest BCUT2D eigenvalue weighted by Crippen LogP contribution is -2.44. The molecule has 0 aromatic heterocycles. The molecule has 21 heavy (non-hydrogen) atoms. The third kappa shape index (κ3) is 3.35. The molecule has 2 atom stereocenters. The summed E-state index contributed by atoms with van der Waals surface area (Å²) in [4.78, 5) is 25.9. The first kappa shape index (κ1) is 15.4. The molecule has 1 aliphatic heterocycles. The number of nitrogens with zero attached hydrogens (tertiary/aromatic N) is 1. The van der Waals surface area contributed by atoms with Crippen molar-refractivity contribution in [1.82, 2.24) is 10.2 Å². The number of hydrogen-bond acceptors (Lipinski definition) is 3. The monoisotopic (exact) mass is 290 g/mol. The molecule has 1 aromatic rings. The molecule has 1 fully saturated rings. The maximum atomic E-state index is 12.5. The molecule has 1 saturated heterocycles. The van der Waals surface area contributed by atoms with Crippen LogP contribution in [0.25, 0.3) is 0 Å². The van der Waals surface area contributed by atoms with Gasteiger partial charge in [-0.2, -0.15) is 0 Å². The lowest BCUT2D eigenvalue weighted by atomic mass is 10.1. The largest absolute Gasteiger partial charge is 0.496 e. The van der Waals surface area contributed by atoms with Crippen molar-refractivity contribution in [2.75, 3.05) is 7.11 Å². The number of nitrogens with one attached hydrogen (secondary N) is 1. The molecule has 1 aromatic carbocycles. The van der Waals surface area contributed by atoms with Gasteiger partial charge in [0.2, 0.25) is 11.8 Å². The van der Waals surface area contributed by atoms with Crippen molar-refractivity contribution < 1.29 is 14.3 Å².